The van der Waals surface area contributed by atoms with Crippen molar-refractivity contribution in [1.29, 1.82) is 0 Å². The number of aliphatic hydroxyl groups is 1. The number of likely N-dealkylation sites (N-methyl/N-ethyl adjacent to an activating group) is 1. The zero-order chi connectivity index (χ0) is 17.6. The lowest BCUT2D eigenvalue weighted by molar-refractivity contribution is -0.137. The average Bonchev–Trinajstić information content (AvgIpc) is 2.58. The zero-order valence-electron chi connectivity index (χ0n) is 15.1. The molecule has 1 aliphatic rings. The van der Waals surface area contributed by atoms with Crippen LogP contribution in [0.25, 0.3) is 0 Å². The summed E-state index contributed by atoms with van der Waals surface area (Å²) in [6.45, 7) is 12.2. The predicted molar refractivity (Wildman–Crippen MR) is 99.5 cm³/mol. The third-order valence-electron chi connectivity index (χ3n) is 5.37. The Morgan fingerprint density at radius 1 is 1.25 bits per heavy atom. The van der Waals surface area contributed by atoms with Gasteiger partial charge in [0.05, 0.1) is 18.8 Å². The molecule has 1 aromatic rings. The highest BCUT2D eigenvalue weighted by Crippen LogP contribution is 2.44. The van der Waals surface area contributed by atoms with Gasteiger partial charge in [-0.3, -0.25) is 0 Å². The summed E-state index contributed by atoms with van der Waals surface area (Å²) < 4.78 is 5.98. The Kier molecular flexibility index (Phi) is 7.08. The number of nitrogens with one attached hydrogen (secondary N) is 1. The van der Waals surface area contributed by atoms with Gasteiger partial charge in [-0.15, -0.1) is 0 Å². The number of nitrogens with zero attached hydrogens (tertiary/aromatic N) is 1. The van der Waals surface area contributed by atoms with E-state index in [2.05, 4.69) is 31.0 Å². The third-order valence-corrected chi connectivity index (χ3v) is 5.62. The third kappa shape index (κ3) is 4.30. The maximum atomic E-state index is 11.5. The molecule has 2 unspecified atom stereocenters. The van der Waals surface area contributed by atoms with Gasteiger partial charge in [0.15, 0.2) is 0 Å². The van der Waals surface area contributed by atoms with Crippen molar-refractivity contribution in [3.05, 3.63) is 34.9 Å². The molecule has 5 heteroatoms. The van der Waals surface area contributed by atoms with Gasteiger partial charge < -0.3 is 20.1 Å². The van der Waals surface area contributed by atoms with Gasteiger partial charge in [0, 0.05) is 23.5 Å². The molecular formula is C19H31ClN2O2. The van der Waals surface area contributed by atoms with E-state index in [4.69, 9.17) is 16.3 Å². The van der Waals surface area contributed by atoms with Crippen LogP contribution in [-0.4, -0.2) is 55.9 Å². The summed E-state index contributed by atoms with van der Waals surface area (Å²) in [7, 11) is 0. The number of rotatable bonds is 8. The van der Waals surface area contributed by atoms with E-state index in [1.54, 1.807) is 0 Å². The van der Waals surface area contributed by atoms with Crippen LogP contribution >= 0.6 is 11.6 Å². The minimum atomic E-state index is -0.905. The molecule has 0 radical (unpaired) electrons. The number of hydrogen-bond acceptors (Lipinski definition) is 4. The van der Waals surface area contributed by atoms with Gasteiger partial charge in [-0.1, -0.05) is 44.5 Å². The molecular weight excluding hydrogens is 324 g/mol. The molecule has 24 heavy (non-hydrogen) atoms. The molecule has 0 saturated carbocycles. The maximum absolute atomic E-state index is 11.5. The van der Waals surface area contributed by atoms with Gasteiger partial charge in [0.25, 0.3) is 0 Å². The molecule has 0 aliphatic carbocycles. The summed E-state index contributed by atoms with van der Waals surface area (Å²) in [5.41, 5.74) is -0.358. The first kappa shape index (κ1) is 19.7. The summed E-state index contributed by atoms with van der Waals surface area (Å²) in [6.07, 6.45) is 0.671. The Balaban J connectivity index is 2.05. The van der Waals surface area contributed by atoms with Crippen LogP contribution in [-0.2, 0) is 10.3 Å². The average molecular weight is 355 g/mol. The fourth-order valence-corrected chi connectivity index (χ4v) is 3.63. The number of ether oxygens (including phenoxy) is 1. The van der Waals surface area contributed by atoms with Crippen LogP contribution in [0.15, 0.2) is 24.3 Å². The highest BCUT2D eigenvalue weighted by Gasteiger charge is 2.49. The summed E-state index contributed by atoms with van der Waals surface area (Å²) >= 11 is 6.00. The summed E-state index contributed by atoms with van der Waals surface area (Å²) in [5.74, 6) is 0. The number of benzene rings is 1. The van der Waals surface area contributed by atoms with Crippen molar-refractivity contribution in [3.63, 3.8) is 0 Å². The molecule has 0 amide bonds. The van der Waals surface area contributed by atoms with Crippen molar-refractivity contribution >= 4 is 11.6 Å². The molecule has 4 nitrogen and oxygen atoms in total. The zero-order valence-corrected chi connectivity index (χ0v) is 15.9. The lowest BCUT2D eigenvalue weighted by Gasteiger charge is -2.49. The molecule has 0 bridgehead atoms. The molecule has 0 spiro atoms. The maximum Gasteiger partial charge on any atom is 0.0996 e. The molecule has 1 fully saturated rings. The number of halogens is 1. The largest absolute Gasteiger partial charge is 0.384 e. The fourth-order valence-electron chi connectivity index (χ4n) is 3.50. The number of hydrogen-bond donors (Lipinski definition) is 2. The van der Waals surface area contributed by atoms with Crippen molar-refractivity contribution in [2.75, 3.05) is 45.9 Å². The molecule has 1 aromatic carbocycles. The minimum absolute atomic E-state index is 0.373. The highest BCUT2D eigenvalue weighted by atomic mass is 35.5. The predicted octanol–water partition coefficient (Wildman–Crippen LogP) is 2.89. The van der Waals surface area contributed by atoms with Crippen LogP contribution in [0.2, 0.25) is 5.02 Å². The molecule has 1 aliphatic heterocycles. The monoisotopic (exact) mass is 354 g/mol. The summed E-state index contributed by atoms with van der Waals surface area (Å²) in [4.78, 5) is 2.34. The van der Waals surface area contributed by atoms with Crippen molar-refractivity contribution in [3.8, 4) is 0 Å². The Morgan fingerprint density at radius 2 is 1.92 bits per heavy atom. The first-order valence-corrected chi connectivity index (χ1v) is 9.32. The van der Waals surface area contributed by atoms with E-state index >= 15 is 0 Å². The van der Waals surface area contributed by atoms with Gasteiger partial charge in [-0.25, -0.2) is 0 Å². The van der Waals surface area contributed by atoms with Crippen LogP contribution in [0.4, 0.5) is 0 Å². The second-order valence-corrected chi connectivity index (χ2v) is 7.37. The highest BCUT2D eigenvalue weighted by molar-refractivity contribution is 6.30. The lowest BCUT2D eigenvalue weighted by Crippen LogP contribution is -2.57. The molecule has 2 N–H and O–H groups in total. The lowest BCUT2D eigenvalue weighted by atomic mass is 9.66. The Bertz CT molecular complexity index is 507. The van der Waals surface area contributed by atoms with Crippen LogP contribution in [0.1, 0.15) is 32.8 Å². The quantitative estimate of drug-likeness (QED) is 0.705. The first-order valence-electron chi connectivity index (χ1n) is 8.94. The molecule has 2 atom stereocenters. The SMILES string of the molecule is CCN(CC)CCOCC1(C)CNCCC1(O)c1ccc(Cl)cc1. The van der Waals surface area contributed by atoms with Gasteiger partial charge in [0.2, 0.25) is 0 Å². The molecule has 1 heterocycles. The van der Waals surface area contributed by atoms with Crippen LogP contribution in [0.3, 0.4) is 0 Å². The van der Waals surface area contributed by atoms with Crippen LogP contribution in [0, 0.1) is 5.41 Å². The van der Waals surface area contributed by atoms with E-state index in [0.717, 1.165) is 38.3 Å². The van der Waals surface area contributed by atoms with E-state index in [1.165, 1.54) is 0 Å². The van der Waals surface area contributed by atoms with E-state index in [-0.39, 0.29) is 5.41 Å². The van der Waals surface area contributed by atoms with Gasteiger partial charge in [-0.05, 0) is 43.8 Å². The van der Waals surface area contributed by atoms with Crippen molar-refractivity contribution in [1.82, 2.24) is 10.2 Å². The van der Waals surface area contributed by atoms with Crippen molar-refractivity contribution in [2.24, 2.45) is 5.41 Å². The molecule has 0 aromatic heterocycles. The second-order valence-electron chi connectivity index (χ2n) is 6.93. The Morgan fingerprint density at radius 3 is 2.54 bits per heavy atom. The van der Waals surface area contributed by atoms with E-state index < -0.39 is 5.60 Å². The Labute approximate surface area is 151 Å². The van der Waals surface area contributed by atoms with E-state index in [9.17, 15) is 5.11 Å². The van der Waals surface area contributed by atoms with Gasteiger partial charge in [0.1, 0.15) is 0 Å². The van der Waals surface area contributed by atoms with Crippen LogP contribution in [0.5, 0.6) is 0 Å². The molecule has 1 saturated heterocycles. The fraction of sp³-hybridized carbons (Fsp3) is 0.684. The summed E-state index contributed by atoms with van der Waals surface area (Å²) in [6, 6.07) is 7.56. The van der Waals surface area contributed by atoms with E-state index in [1.807, 2.05) is 24.3 Å². The van der Waals surface area contributed by atoms with Gasteiger partial charge >= 0.3 is 0 Å². The second kappa shape index (κ2) is 8.63. The smallest absolute Gasteiger partial charge is 0.0996 e. The standard InChI is InChI=1S/C19H31ClN2O2/c1-4-22(5-2)12-13-24-15-18(3)14-21-11-10-19(18,23)16-6-8-17(20)9-7-16/h6-9,21,23H,4-5,10-15H2,1-3H3. The summed E-state index contributed by atoms with van der Waals surface area (Å²) in [5, 5.41) is 15.6. The topological polar surface area (TPSA) is 44.7 Å². The normalized spacial score (nSPS) is 27.6. The van der Waals surface area contributed by atoms with Gasteiger partial charge in [-0.2, -0.15) is 0 Å². The minimum Gasteiger partial charge on any atom is -0.384 e. The Hall–Kier alpha value is -0.650. The number of piperidine rings is 1. The first-order chi connectivity index (χ1) is 11.4. The van der Waals surface area contributed by atoms with Crippen molar-refractivity contribution in [2.45, 2.75) is 32.8 Å². The van der Waals surface area contributed by atoms with Crippen LogP contribution < -0.4 is 5.32 Å². The van der Waals surface area contributed by atoms with Crippen molar-refractivity contribution < 1.29 is 9.84 Å². The van der Waals surface area contributed by atoms with E-state index in [0.29, 0.717) is 24.7 Å². The molecule has 2 rings (SSSR count). The molecule has 136 valence electrons.